The highest BCUT2D eigenvalue weighted by Crippen LogP contribution is 2.42. The number of rotatable bonds is 2. The summed E-state index contributed by atoms with van der Waals surface area (Å²) in [5.41, 5.74) is 0.617. The van der Waals surface area contributed by atoms with Crippen molar-refractivity contribution in [2.45, 2.75) is 12.2 Å². The van der Waals surface area contributed by atoms with Crippen molar-refractivity contribution in [3.8, 4) is 23.0 Å². The predicted octanol–water partition coefficient (Wildman–Crippen LogP) is 2.13. The molecule has 1 heterocycles. The van der Waals surface area contributed by atoms with Crippen molar-refractivity contribution in [3.05, 3.63) is 47.5 Å². The van der Waals surface area contributed by atoms with E-state index in [9.17, 15) is 20.1 Å². The Morgan fingerprint density at radius 1 is 1.05 bits per heavy atom. The second-order valence-electron chi connectivity index (χ2n) is 4.99. The van der Waals surface area contributed by atoms with E-state index >= 15 is 0 Å². The highest BCUT2D eigenvalue weighted by atomic mass is 16.5. The molecule has 2 aromatic carbocycles. The van der Waals surface area contributed by atoms with Crippen LogP contribution in [0.25, 0.3) is 0 Å². The van der Waals surface area contributed by atoms with Crippen LogP contribution in [-0.4, -0.2) is 34.3 Å². The highest BCUT2D eigenvalue weighted by Gasteiger charge is 2.40. The highest BCUT2D eigenvalue weighted by molar-refractivity contribution is 6.05. The Morgan fingerprint density at radius 3 is 2.36 bits per heavy atom. The SMILES string of the molecule is COC1C(=O)c2c(O)cc(O)cc2OC1c1ccc(O)cc1. The molecule has 0 radical (unpaired) electrons. The number of aromatic hydroxyl groups is 3. The molecular formula is C16H14O6. The Hall–Kier alpha value is -2.73. The zero-order valence-corrected chi connectivity index (χ0v) is 11.7. The van der Waals surface area contributed by atoms with Gasteiger partial charge in [0.05, 0.1) is 0 Å². The number of carbonyl (C=O) groups excluding carboxylic acids is 1. The molecule has 0 aromatic heterocycles. The molecule has 0 aliphatic carbocycles. The normalized spacial score (nSPS) is 20.3. The van der Waals surface area contributed by atoms with E-state index < -0.39 is 18.0 Å². The summed E-state index contributed by atoms with van der Waals surface area (Å²) in [6.07, 6.45) is -1.68. The van der Waals surface area contributed by atoms with Gasteiger partial charge in [0.2, 0.25) is 5.78 Å². The van der Waals surface area contributed by atoms with E-state index in [1.807, 2.05) is 0 Å². The zero-order valence-electron chi connectivity index (χ0n) is 11.7. The lowest BCUT2D eigenvalue weighted by Crippen LogP contribution is -2.37. The number of hydrogen-bond donors (Lipinski definition) is 3. The number of hydrogen-bond acceptors (Lipinski definition) is 6. The largest absolute Gasteiger partial charge is 0.508 e. The first-order valence-corrected chi connectivity index (χ1v) is 6.60. The Balaban J connectivity index is 2.09. The minimum atomic E-state index is -0.938. The van der Waals surface area contributed by atoms with Crippen LogP contribution in [-0.2, 0) is 4.74 Å². The second kappa shape index (κ2) is 5.23. The molecule has 0 fully saturated rings. The monoisotopic (exact) mass is 302 g/mol. The van der Waals surface area contributed by atoms with Crippen molar-refractivity contribution in [2.24, 2.45) is 0 Å². The smallest absolute Gasteiger partial charge is 0.203 e. The maximum absolute atomic E-state index is 12.5. The third kappa shape index (κ3) is 2.23. The average Bonchev–Trinajstić information content (AvgIpc) is 2.47. The van der Waals surface area contributed by atoms with Gasteiger partial charge >= 0.3 is 0 Å². The quantitative estimate of drug-likeness (QED) is 0.786. The molecule has 0 spiro atoms. The van der Waals surface area contributed by atoms with Crippen LogP contribution in [0.4, 0.5) is 0 Å². The maximum Gasteiger partial charge on any atom is 0.203 e. The van der Waals surface area contributed by atoms with Gasteiger partial charge in [0.15, 0.2) is 12.2 Å². The molecule has 0 saturated heterocycles. The molecule has 1 aliphatic rings. The average molecular weight is 302 g/mol. The lowest BCUT2D eigenvalue weighted by Gasteiger charge is -2.32. The molecule has 2 atom stereocenters. The van der Waals surface area contributed by atoms with E-state index in [0.29, 0.717) is 5.56 Å². The van der Waals surface area contributed by atoms with Gasteiger partial charge in [-0.1, -0.05) is 12.1 Å². The van der Waals surface area contributed by atoms with Gasteiger partial charge in [-0.2, -0.15) is 0 Å². The molecule has 3 N–H and O–H groups in total. The fraction of sp³-hybridized carbons (Fsp3) is 0.188. The van der Waals surface area contributed by atoms with E-state index in [-0.39, 0.29) is 28.6 Å². The lowest BCUT2D eigenvalue weighted by molar-refractivity contribution is -0.00108. The molecule has 0 bridgehead atoms. The van der Waals surface area contributed by atoms with E-state index in [0.717, 1.165) is 6.07 Å². The van der Waals surface area contributed by atoms with Gasteiger partial charge in [-0.25, -0.2) is 0 Å². The summed E-state index contributed by atoms with van der Waals surface area (Å²) in [4.78, 5) is 12.5. The molecule has 0 saturated carbocycles. The van der Waals surface area contributed by atoms with Crippen molar-refractivity contribution < 1.29 is 29.6 Å². The van der Waals surface area contributed by atoms with Crippen LogP contribution < -0.4 is 4.74 Å². The summed E-state index contributed by atoms with van der Waals surface area (Å²) in [6, 6.07) is 8.54. The number of Topliss-reactive ketones (excluding diaryl/α,β-unsaturated/α-hetero) is 1. The summed E-state index contributed by atoms with van der Waals surface area (Å²) in [5, 5.41) is 28.8. The van der Waals surface area contributed by atoms with Crippen LogP contribution in [0.1, 0.15) is 22.0 Å². The van der Waals surface area contributed by atoms with Crippen LogP contribution in [0.15, 0.2) is 36.4 Å². The number of phenols is 3. The first-order chi connectivity index (χ1) is 10.5. The zero-order chi connectivity index (χ0) is 15.9. The molecule has 6 nitrogen and oxygen atoms in total. The number of phenolic OH excluding ortho intramolecular Hbond substituents is 3. The third-order valence-corrected chi connectivity index (χ3v) is 3.58. The lowest BCUT2D eigenvalue weighted by atomic mass is 9.92. The van der Waals surface area contributed by atoms with E-state index in [1.54, 1.807) is 12.1 Å². The number of benzene rings is 2. The van der Waals surface area contributed by atoms with E-state index in [4.69, 9.17) is 9.47 Å². The van der Waals surface area contributed by atoms with Crippen molar-refractivity contribution in [2.75, 3.05) is 7.11 Å². The summed E-state index contributed by atoms with van der Waals surface area (Å²) in [7, 11) is 1.38. The molecule has 2 aromatic rings. The van der Waals surface area contributed by atoms with Gasteiger partial charge < -0.3 is 24.8 Å². The summed E-state index contributed by atoms with van der Waals surface area (Å²) in [5.74, 6) is -0.806. The molecular weight excluding hydrogens is 288 g/mol. The number of methoxy groups -OCH3 is 1. The molecule has 2 unspecified atom stereocenters. The van der Waals surface area contributed by atoms with Crippen molar-refractivity contribution >= 4 is 5.78 Å². The number of fused-ring (bicyclic) bond motifs is 1. The number of ether oxygens (including phenoxy) is 2. The topological polar surface area (TPSA) is 96.2 Å². The fourth-order valence-corrected chi connectivity index (χ4v) is 2.54. The summed E-state index contributed by atoms with van der Waals surface area (Å²) >= 11 is 0. The molecule has 6 heteroatoms. The van der Waals surface area contributed by atoms with Crippen LogP contribution in [0.2, 0.25) is 0 Å². The van der Waals surface area contributed by atoms with Crippen molar-refractivity contribution in [1.82, 2.24) is 0 Å². The molecule has 3 rings (SSSR count). The van der Waals surface area contributed by atoms with Gasteiger partial charge in [-0.3, -0.25) is 4.79 Å². The number of ketones is 1. The molecule has 1 aliphatic heterocycles. The fourth-order valence-electron chi connectivity index (χ4n) is 2.54. The number of carbonyl (C=O) groups is 1. The van der Waals surface area contributed by atoms with Gasteiger partial charge in [-0.15, -0.1) is 0 Å². The first kappa shape index (κ1) is 14.2. The van der Waals surface area contributed by atoms with Gasteiger partial charge in [0.1, 0.15) is 28.6 Å². The van der Waals surface area contributed by atoms with Crippen LogP contribution in [0, 0.1) is 0 Å². The van der Waals surface area contributed by atoms with E-state index in [2.05, 4.69) is 0 Å². The van der Waals surface area contributed by atoms with Crippen molar-refractivity contribution in [3.63, 3.8) is 0 Å². The second-order valence-corrected chi connectivity index (χ2v) is 4.99. The Bertz CT molecular complexity index is 722. The molecule has 0 amide bonds. The van der Waals surface area contributed by atoms with Crippen molar-refractivity contribution in [1.29, 1.82) is 0 Å². The van der Waals surface area contributed by atoms with Gasteiger partial charge in [0, 0.05) is 19.2 Å². The van der Waals surface area contributed by atoms with E-state index in [1.165, 1.54) is 25.3 Å². The van der Waals surface area contributed by atoms with Crippen LogP contribution in [0.3, 0.4) is 0 Å². The van der Waals surface area contributed by atoms with Gasteiger partial charge in [-0.05, 0) is 17.7 Å². The molecule has 22 heavy (non-hydrogen) atoms. The Labute approximate surface area is 126 Å². The predicted molar refractivity (Wildman–Crippen MR) is 76.4 cm³/mol. The third-order valence-electron chi connectivity index (χ3n) is 3.58. The minimum absolute atomic E-state index is 0.0142. The first-order valence-electron chi connectivity index (χ1n) is 6.60. The summed E-state index contributed by atoms with van der Waals surface area (Å²) in [6.45, 7) is 0. The molecule has 114 valence electrons. The maximum atomic E-state index is 12.5. The standard InChI is InChI=1S/C16H14O6/c1-21-16-14(20)13-11(19)6-10(18)7-12(13)22-15(16)8-2-4-9(17)5-3-8/h2-7,15-19H,1H3. The van der Waals surface area contributed by atoms with Crippen LogP contribution >= 0.6 is 0 Å². The Kier molecular flexibility index (Phi) is 3.38. The summed E-state index contributed by atoms with van der Waals surface area (Å²) < 4.78 is 11.0. The Morgan fingerprint density at radius 2 is 1.73 bits per heavy atom. The van der Waals surface area contributed by atoms with Crippen LogP contribution in [0.5, 0.6) is 23.0 Å². The minimum Gasteiger partial charge on any atom is -0.508 e. The van der Waals surface area contributed by atoms with Gasteiger partial charge in [0.25, 0.3) is 0 Å².